The number of piperazine rings is 1. The average Bonchev–Trinajstić information content (AvgIpc) is 2.66. The van der Waals surface area contributed by atoms with Crippen LogP contribution in [0.5, 0.6) is 5.75 Å². The van der Waals surface area contributed by atoms with E-state index in [4.69, 9.17) is 27.9 Å². The Hall–Kier alpha value is -1.87. The number of amides is 1. The van der Waals surface area contributed by atoms with Gasteiger partial charge in [-0.2, -0.15) is 4.31 Å². The van der Waals surface area contributed by atoms with Crippen molar-refractivity contribution in [3.8, 4) is 5.75 Å². The predicted octanol–water partition coefficient (Wildman–Crippen LogP) is 3.04. The second kappa shape index (κ2) is 8.65. The summed E-state index contributed by atoms with van der Waals surface area (Å²) < 4.78 is 44.9. The Morgan fingerprint density at radius 3 is 2.14 bits per heavy atom. The van der Waals surface area contributed by atoms with Gasteiger partial charge in [-0.25, -0.2) is 12.8 Å². The standard InChI is InChI=1S/C18H17Cl2FN2O4S/c19-13-9-14(20)11-16(10-13)27-12-18(24)22-5-7-23(8-6-22)28(25,26)17-3-1-15(21)2-4-17/h1-4,9-11H,5-8,12H2. The van der Waals surface area contributed by atoms with E-state index in [1.54, 1.807) is 18.2 Å². The van der Waals surface area contributed by atoms with Crippen molar-refractivity contribution < 1.29 is 22.3 Å². The maximum absolute atomic E-state index is 13.0. The minimum Gasteiger partial charge on any atom is -0.484 e. The van der Waals surface area contributed by atoms with Crippen LogP contribution in [0.25, 0.3) is 0 Å². The molecular weight excluding hydrogens is 430 g/mol. The van der Waals surface area contributed by atoms with Gasteiger partial charge < -0.3 is 9.64 Å². The summed E-state index contributed by atoms with van der Waals surface area (Å²) in [5, 5.41) is 0.795. The number of carbonyl (C=O) groups is 1. The van der Waals surface area contributed by atoms with E-state index in [0.29, 0.717) is 15.8 Å². The van der Waals surface area contributed by atoms with E-state index in [0.717, 1.165) is 12.1 Å². The maximum Gasteiger partial charge on any atom is 0.260 e. The number of ether oxygens (including phenoxy) is 1. The average molecular weight is 447 g/mol. The van der Waals surface area contributed by atoms with Gasteiger partial charge in [-0.1, -0.05) is 23.2 Å². The van der Waals surface area contributed by atoms with E-state index in [-0.39, 0.29) is 43.6 Å². The Balaban J connectivity index is 1.55. The summed E-state index contributed by atoms with van der Waals surface area (Å²) in [6.45, 7) is 0.558. The monoisotopic (exact) mass is 446 g/mol. The molecule has 0 unspecified atom stereocenters. The van der Waals surface area contributed by atoms with Crippen LogP contribution in [0.1, 0.15) is 0 Å². The summed E-state index contributed by atoms with van der Waals surface area (Å²) >= 11 is 11.8. The molecule has 0 N–H and O–H groups in total. The Morgan fingerprint density at radius 2 is 1.57 bits per heavy atom. The van der Waals surface area contributed by atoms with Crippen LogP contribution in [-0.2, 0) is 14.8 Å². The van der Waals surface area contributed by atoms with Crippen LogP contribution in [0, 0.1) is 5.82 Å². The first-order chi connectivity index (χ1) is 13.3. The van der Waals surface area contributed by atoms with Gasteiger partial charge in [0.1, 0.15) is 11.6 Å². The van der Waals surface area contributed by atoms with Crippen molar-refractivity contribution in [2.75, 3.05) is 32.8 Å². The molecule has 10 heteroatoms. The van der Waals surface area contributed by atoms with E-state index in [9.17, 15) is 17.6 Å². The topological polar surface area (TPSA) is 66.9 Å². The summed E-state index contributed by atoms with van der Waals surface area (Å²) in [6.07, 6.45) is 0. The van der Waals surface area contributed by atoms with Crippen molar-refractivity contribution in [3.63, 3.8) is 0 Å². The molecule has 1 heterocycles. The first-order valence-corrected chi connectivity index (χ1v) is 10.6. The summed E-state index contributed by atoms with van der Waals surface area (Å²) in [5.74, 6) is -0.395. The van der Waals surface area contributed by atoms with Crippen molar-refractivity contribution in [1.82, 2.24) is 9.21 Å². The van der Waals surface area contributed by atoms with E-state index < -0.39 is 15.8 Å². The molecule has 0 saturated carbocycles. The summed E-state index contributed by atoms with van der Waals surface area (Å²) in [7, 11) is -3.72. The van der Waals surface area contributed by atoms with Crippen molar-refractivity contribution >= 4 is 39.1 Å². The van der Waals surface area contributed by atoms with E-state index >= 15 is 0 Å². The van der Waals surface area contributed by atoms with Crippen molar-refractivity contribution in [3.05, 3.63) is 58.3 Å². The lowest BCUT2D eigenvalue weighted by molar-refractivity contribution is -0.134. The Bertz CT molecular complexity index is 942. The van der Waals surface area contributed by atoms with Gasteiger partial charge in [-0.15, -0.1) is 0 Å². The molecule has 1 aliphatic rings. The summed E-state index contributed by atoms with van der Waals surface area (Å²) in [4.78, 5) is 13.9. The molecule has 1 saturated heterocycles. The molecule has 1 aliphatic heterocycles. The SMILES string of the molecule is O=C(COc1cc(Cl)cc(Cl)c1)N1CCN(S(=O)(=O)c2ccc(F)cc2)CC1. The van der Waals surface area contributed by atoms with Crippen LogP contribution in [0.4, 0.5) is 4.39 Å². The van der Waals surface area contributed by atoms with Crippen LogP contribution in [0.15, 0.2) is 47.4 Å². The van der Waals surface area contributed by atoms with Gasteiger partial charge in [0.05, 0.1) is 4.90 Å². The highest BCUT2D eigenvalue weighted by Crippen LogP contribution is 2.24. The van der Waals surface area contributed by atoms with Crippen LogP contribution >= 0.6 is 23.2 Å². The lowest BCUT2D eigenvalue weighted by atomic mass is 10.3. The smallest absolute Gasteiger partial charge is 0.260 e. The zero-order chi connectivity index (χ0) is 20.3. The van der Waals surface area contributed by atoms with Gasteiger partial charge in [-0.05, 0) is 42.5 Å². The molecule has 2 aromatic rings. The first-order valence-electron chi connectivity index (χ1n) is 8.38. The normalized spacial score (nSPS) is 15.5. The molecule has 2 aromatic carbocycles. The highest BCUT2D eigenvalue weighted by Gasteiger charge is 2.30. The molecular formula is C18H17Cl2FN2O4S. The number of hydrogen-bond acceptors (Lipinski definition) is 4. The van der Waals surface area contributed by atoms with Gasteiger partial charge in [0.25, 0.3) is 5.91 Å². The largest absolute Gasteiger partial charge is 0.484 e. The van der Waals surface area contributed by atoms with E-state index in [1.807, 2.05) is 0 Å². The Kier molecular flexibility index (Phi) is 6.44. The van der Waals surface area contributed by atoms with Crippen molar-refractivity contribution in [2.24, 2.45) is 0 Å². The zero-order valence-electron chi connectivity index (χ0n) is 14.6. The predicted molar refractivity (Wildman–Crippen MR) is 104 cm³/mol. The fourth-order valence-electron chi connectivity index (χ4n) is 2.78. The second-order valence-electron chi connectivity index (χ2n) is 6.13. The van der Waals surface area contributed by atoms with Crippen LogP contribution in [0.3, 0.4) is 0 Å². The fraction of sp³-hybridized carbons (Fsp3) is 0.278. The van der Waals surface area contributed by atoms with Gasteiger partial charge in [0.15, 0.2) is 6.61 Å². The summed E-state index contributed by atoms with van der Waals surface area (Å²) in [6, 6.07) is 9.32. The molecule has 1 amide bonds. The van der Waals surface area contributed by atoms with Gasteiger partial charge in [0, 0.05) is 36.2 Å². The van der Waals surface area contributed by atoms with Crippen LogP contribution < -0.4 is 4.74 Å². The van der Waals surface area contributed by atoms with Gasteiger partial charge in [0.2, 0.25) is 10.0 Å². The number of carbonyl (C=O) groups excluding carboxylic acids is 1. The molecule has 150 valence electrons. The summed E-state index contributed by atoms with van der Waals surface area (Å²) in [5.41, 5.74) is 0. The highest BCUT2D eigenvalue weighted by atomic mass is 35.5. The minimum absolute atomic E-state index is 0.0230. The lowest BCUT2D eigenvalue weighted by Crippen LogP contribution is -2.51. The van der Waals surface area contributed by atoms with Crippen molar-refractivity contribution in [2.45, 2.75) is 4.90 Å². The zero-order valence-corrected chi connectivity index (χ0v) is 17.0. The third-order valence-corrected chi connectivity index (χ3v) is 6.59. The van der Waals surface area contributed by atoms with Crippen LogP contribution in [-0.4, -0.2) is 56.3 Å². The highest BCUT2D eigenvalue weighted by molar-refractivity contribution is 7.89. The Labute approximate surface area is 172 Å². The minimum atomic E-state index is -3.72. The molecule has 1 fully saturated rings. The second-order valence-corrected chi connectivity index (χ2v) is 8.94. The number of sulfonamides is 1. The first kappa shape index (κ1) is 20.9. The third kappa shape index (κ3) is 4.94. The molecule has 6 nitrogen and oxygen atoms in total. The molecule has 0 atom stereocenters. The Morgan fingerprint density at radius 1 is 1.00 bits per heavy atom. The van der Waals surface area contributed by atoms with Crippen molar-refractivity contribution in [1.29, 1.82) is 0 Å². The maximum atomic E-state index is 13.0. The molecule has 0 radical (unpaired) electrons. The molecule has 0 aromatic heterocycles. The van der Waals surface area contributed by atoms with E-state index in [1.165, 1.54) is 21.3 Å². The molecule has 0 spiro atoms. The third-order valence-electron chi connectivity index (χ3n) is 4.24. The number of halogens is 3. The lowest BCUT2D eigenvalue weighted by Gasteiger charge is -2.34. The van der Waals surface area contributed by atoms with Crippen LogP contribution in [0.2, 0.25) is 10.0 Å². The van der Waals surface area contributed by atoms with Gasteiger partial charge >= 0.3 is 0 Å². The fourth-order valence-corrected chi connectivity index (χ4v) is 4.71. The molecule has 0 aliphatic carbocycles. The quantitative estimate of drug-likeness (QED) is 0.707. The number of hydrogen-bond donors (Lipinski definition) is 0. The number of nitrogens with zero attached hydrogens (tertiary/aromatic N) is 2. The molecule has 28 heavy (non-hydrogen) atoms. The van der Waals surface area contributed by atoms with E-state index in [2.05, 4.69) is 0 Å². The number of benzene rings is 2. The molecule has 0 bridgehead atoms. The number of rotatable bonds is 5. The molecule has 3 rings (SSSR count). The van der Waals surface area contributed by atoms with Gasteiger partial charge in [-0.3, -0.25) is 4.79 Å².